The van der Waals surface area contributed by atoms with Crippen LogP contribution in [0.5, 0.6) is 0 Å². The van der Waals surface area contributed by atoms with E-state index in [0.717, 1.165) is 6.42 Å². The van der Waals surface area contributed by atoms with Crippen molar-refractivity contribution in [2.24, 2.45) is 17.3 Å². The summed E-state index contributed by atoms with van der Waals surface area (Å²) in [6.45, 7) is 6.45. The van der Waals surface area contributed by atoms with E-state index >= 15 is 0 Å². The lowest BCUT2D eigenvalue weighted by Crippen LogP contribution is -2.10. The van der Waals surface area contributed by atoms with Crippen LogP contribution in [0.1, 0.15) is 27.2 Å². The molecule has 1 aliphatic carbocycles. The lowest BCUT2D eigenvalue weighted by molar-refractivity contribution is -0.113. The summed E-state index contributed by atoms with van der Waals surface area (Å²) in [5.74, 6) is 0.680. The Morgan fingerprint density at radius 3 is 2.10 bits per heavy atom. The van der Waals surface area contributed by atoms with Gasteiger partial charge in [-0.1, -0.05) is 20.8 Å². The van der Waals surface area contributed by atoms with Crippen LogP contribution in [-0.4, -0.2) is 5.24 Å². The lowest BCUT2D eigenvalue weighted by Gasteiger charge is -2.16. The maximum atomic E-state index is 10.6. The largest absolute Gasteiger partial charge is 0.281 e. The molecule has 0 amide bonds. The maximum absolute atomic E-state index is 10.6. The molecule has 0 aromatic rings. The van der Waals surface area contributed by atoms with E-state index in [1.54, 1.807) is 0 Å². The van der Waals surface area contributed by atoms with Crippen LogP contribution in [0.3, 0.4) is 0 Å². The monoisotopic (exact) mass is 160 g/mol. The standard InChI is InChI=1S/C8H13ClO/c1-8(2,3)6-4-5(6)7(9)10/h5-6H,4H2,1-3H3. The molecule has 0 heterocycles. The minimum Gasteiger partial charge on any atom is -0.281 e. The van der Waals surface area contributed by atoms with Crippen molar-refractivity contribution in [1.29, 1.82) is 0 Å². The molecular formula is C8H13ClO. The summed E-state index contributed by atoms with van der Waals surface area (Å²) in [6.07, 6.45) is 0.992. The number of hydrogen-bond donors (Lipinski definition) is 0. The van der Waals surface area contributed by atoms with Crippen molar-refractivity contribution in [2.45, 2.75) is 27.2 Å². The van der Waals surface area contributed by atoms with Crippen molar-refractivity contribution >= 4 is 16.8 Å². The molecule has 1 fully saturated rings. The predicted octanol–water partition coefficient (Wildman–Crippen LogP) is 2.43. The van der Waals surface area contributed by atoms with Crippen molar-refractivity contribution in [3.8, 4) is 0 Å². The van der Waals surface area contributed by atoms with Gasteiger partial charge in [0.15, 0.2) is 0 Å². The number of carbonyl (C=O) groups excluding carboxylic acids is 1. The van der Waals surface area contributed by atoms with Gasteiger partial charge in [-0.15, -0.1) is 0 Å². The zero-order valence-corrected chi connectivity index (χ0v) is 7.40. The lowest BCUT2D eigenvalue weighted by atomic mass is 9.89. The summed E-state index contributed by atoms with van der Waals surface area (Å²) in [6, 6.07) is 0. The van der Waals surface area contributed by atoms with Crippen LogP contribution in [0.4, 0.5) is 0 Å². The first-order valence-corrected chi connectivity index (χ1v) is 4.00. The van der Waals surface area contributed by atoms with Gasteiger partial charge in [0.1, 0.15) is 0 Å². The van der Waals surface area contributed by atoms with Gasteiger partial charge in [-0.25, -0.2) is 0 Å². The average molecular weight is 161 g/mol. The van der Waals surface area contributed by atoms with E-state index < -0.39 is 0 Å². The van der Waals surface area contributed by atoms with Crippen molar-refractivity contribution in [3.63, 3.8) is 0 Å². The highest BCUT2D eigenvalue weighted by atomic mass is 35.5. The second-order valence-corrected chi connectivity index (χ2v) is 4.49. The highest BCUT2D eigenvalue weighted by molar-refractivity contribution is 6.64. The van der Waals surface area contributed by atoms with Gasteiger partial charge in [-0.3, -0.25) is 4.79 Å². The van der Waals surface area contributed by atoms with Crippen LogP contribution in [0.25, 0.3) is 0 Å². The van der Waals surface area contributed by atoms with Gasteiger partial charge in [-0.05, 0) is 29.4 Å². The van der Waals surface area contributed by atoms with Crippen LogP contribution >= 0.6 is 11.6 Å². The topological polar surface area (TPSA) is 17.1 Å². The van der Waals surface area contributed by atoms with E-state index in [-0.39, 0.29) is 16.6 Å². The van der Waals surface area contributed by atoms with Crippen LogP contribution in [0.15, 0.2) is 0 Å². The number of carbonyl (C=O) groups is 1. The minimum atomic E-state index is -0.153. The molecule has 0 saturated heterocycles. The van der Waals surface area contributed by atoms with E-state index in [2.05, 4.69) is 20.8 Å². The Morgan fingerprint density at radius 1 is 1.50 bits per heavy atom. The van der Waals surface area contributed by atoms with Gasteiger partial charge in [0, 0.05) is 5.92 Å². The fraction of sp³-hybridized carbons (Fsp3) is 0.875. The third-order valence-corrected chi connectivity index (χ3v) is 2.47. The summed E-state index contributed by atoms with van der Waals surface area (Å²) >= 11 is 5.34. The quantitative estimate of drug-likeness (QED) is 0.539. The average Bonchev–Trinajstić information content (AvgIpc) is 2.35. The number of rotatable bonds is 1. The highest BCUT2D eigenvalue weighted by Crippen LogP contribution is 2.51. The molecule has 1 rings (SSSR count). The molecule has 58 valence electrons. The van der Waals surface area contributed by atoms with Crippen LogP contribution in [0.2, 0.25) is 0 Å². The fourth-order valence-electron chi connectivity index (χ4n) is 1.40. The molecule has 2 atom stereocenters. The van der Waals surface area contributed by atoms with Gasteiger partial charge in [0.05, 0.1) is 0 Å². The third-order valence-electron chi connectivity index (χ3n) is 2.19. The Bertz CT molecular complexity index is 157. The van der Waals surface area contributed by atoms with Crippen molar-refractivity contribution in [2.75, 3.05) is 0 Å². The minimum absolute atomic E-state index is 0.153. The van der Waals surface area contributed by atoms with E-state index in [1.165, 1.54) is 0 Å². The van der Waals surface area contributed by atoms with Gasteiger partial charge in [0.25, 0.3) is 0 Å². The molecule has 2 unspecified atom stereocenters. The number of halogens is 1. The second-order valence-electron chi connectivity index (χ2n) is 4.12. The first-order chi connectivity index (χ1) is 4.43. The Hall–Kier alpha value is -0.0400. The zero-order chi connectivity index (χ0) is 7.94. The maximum Gasteiger partial charge on any atom is 0.225 e. The van der Waals surface area contributed by atoms with E-state index in [4.69, 9.17) is 11.6 Å². The summed E-state index contributed by atoms with van der Waals surface area (Å²) in [5, 5.41) is -0.153. The van der Waals surface area contributed by atoms with E-state index in [1.807, 2.05) is 0 Å². The molecule has 0 aliphatic heterocycles. The Kier molecular flexibility index (Phi) is 1.80. The van der Waals surface area contributed by atoms with Gasteiger partial charge >= 0.3 is 0 Å². The smallest absolute Gasteiger partial charge is 0.225 e. The predicted molar refractivity (Wildman–Crippen MR) is 41.9 cm³/mol. The van der Waals surface area contributed by atoms with Crippen LogP contribution in [-0.2, 0) is 4.79 Å². The normalized spacial score (nSPS) is 32.0. The SMILES string of the molecule is CC(C)(C)C1CC1C(=O)Cl. The summed E-state index contributed by atoms with van der Waals surface area (Å²) in [7, 11) is 0. The second kappa shape index (κ2) is 2.23. The van der Waals surface area contributed by atoms with Crippen LogP contribution in [0, 0.1) is 17.3 Å². The van der Waals surface area contributed by atoms with Gasteiger partial charge in [-0.2, -0.15) is 0 Å². The molecule has 0 spiro atoms. The Labute approximate surface area is 66.8 Å². The molecule has 2 heteroatoms. The van der Waals surface area contributed by atoms with Crippen molar-refractivity contribution < 1.29 is 4.79 Å². The van der Waals surface area contributed by atoms with Gasteiger partial charge < -0.3 is 0 Å². The molecule has 0 N–H and O–H groups in total. The molecule has 1 aliphatic rings. The highest BCUT2D eigenvalue weighted by Gasteiger charge is 2.48. The third kappa shape index (κ3) is 1.51. The molecule has 0 radical (unpaired) electrons. The molecule has 1 saturated carbocycles. The first-order valence-electron chi connectivity index (χ1n) is 3.62. The molecule has 1 nitrogen and oxygen atoms in total. The van der Waals surface area contributed by atoms with Gasteiger partial charge in [0.2, 0.25) is 5.24 Å². The molecule has 0 aromatic heterocycles. The zero-order valence-electron chi connectivity index (χ0n) is 6.65. The molecule has 0 aromatic carbocycles. The van der Waals surface area contributed by atoms with E-state index in [9.17, 15) is 4.79 Å². The molecule has 0 bridgehead atoms. The summed E-state index contributed by atoms with van der Waals surface area (Å²) in [5.41, 5.74) is 0.259. The van der Waals surface area contributed by atoms with E-state index in [0.29, 0.717) is 5.92 Å². The van der Waals surface area contributed by atoms with Crippen molar-refractivity contribution in [3.05, 3.63) is 0 Å². The van der Waals surface area contributed by atoms with Crippen LogP contribution < -0.4 is 0 Å². The summed E-state index contributed by atoms with van der Waals surface area (Å²) in [4.78, 5) is 10.6. The molecular weight excluding hydrogens is 148 g/mol. The first kappa shape index (κ1) is 8.06. The summed E-state index contributed by atoms with van der Waals surface area (Å²) < 4.78 is 0. The fourth-order valence-corrected chi connectivity index (χ4v) is 1.64. The van der Waals surface area contributed by atoms with Crippen molar-refractivity contribution in [1.82, 2.24) is 0 Å². The molecule has 10 heavy (non-hydrogen) atoms. The Morgan fingerprint density at radius 2 is 2.00 bits per heavy atom. The Balaban J connectivity index is 2.46. The number of hydrogen-bond acceptors (Lipinski definition) is 1.